The largest absolute Gasteiger partial charge is 0.480 e. The molecule has 1 atom stereocenters. The minimum atomic E-state index is -1.22. The van der Waals surface area contributed by atoms with Crippen molar-refractivity contribution in [2.75, 3.05) is 18.0 Å². The molecule has 2 amide bonds. The van der Waals surface area contributed by atoms with Crippen LogP contribution in [0.1, 0.15) is 55.0 Å². The fourth-order valence-corrected chi connectivity index (χ4v) is 4.69. The Hall–Kier alpha value is -5.38. The minimum absolute atomic E-state index is 0.0177. The third-order valence-corrected chi connectivity index (χ3v) is 6.95. The lowest BCUT2D eigenvalue weighted by Crippen LogP contribution is -2.41. The number of hydrogen-bond acceptors (Lipinski definition) is 6. The maximum Gasteiger partial charge on any atom is 0.336 e. The standard InChI is InChI=1S/C32H32N4O6/c33-23-17-22-14-11-20(16-26(22)27(34)18-23)8-7-19-9-12-21(13-10-19)29(37)36-28(32(41)42)6-3-15-35-30(38)24-4-1-2-5-25(24)31(39)40/h1-2,4-5,9-14,16-18,28H,3,6-8,15,33-34H2,(H,35,38)(H,36,37)(H,39,40)(H,41,42). The summed E-state index contributed by atoms with van der Waals surface area (Å²) >= 11 is 0. The minimum Gasteiger partial charge on any atom is -0.480 e. The molecule has 0 saturated carbocycles. The molecule has 0 aliphatic heterocycles. The third kappa shape index (κ3) is 7.42. The fourth-order valence-electron chi connectivity index (χ4n) is 4.69. The number of carbonyl (C=O) groups excluding carboxylic acids is 2. The number of aromatic carboxylic acids is 1. The van der Waals surface area contributed by atoms with E-state index in [4.69, 9.17) is 11.5 Å². The van der Waals surface area contributed by atoms with Crippen LogP contribution < -0.4 is 22.1 Å². The maximum absolute atomic E-state index is 12.7. The zero-order valence-corrected chi connectivity index (χ0v) is 22.8. The molecule has 4 aromatic carbocycles. The summed E-state index contributed by atoms with van der Waals surface area (Å²) in [4.78, 5) is 48.2. The van der Waals surface area contributed by atoms with Crippen molar-refractivity contribution in [3.63, 3.8) is 0 Å². The van der Waals surface area contributed by atoms with E-state index >= 15 is 0 Å². The van der Waals surface area contributed by atoms with Crippen molar-refractivity contribution in [1.82, 2.24) is 10.6 Å². The molecule has 0 aliphatic carbocycles. The van der Waals surface area contributed by atoms with E-state index in [1.54, 1.807) is 24.3 Å². The van der Waals surface area contributed by atoms with Crippen LogP contribution in [0.3, 0.4) is 0 Å². The van der Waals surface area contributed by atoms with Gasteiger partial charge in [0, 0.05) is 28.9 Å². The number of rotatable bonds is 12. The van der Waals surface area contributed by atoms with Crippen molar-refractivity contribution in [3.05, 3.63) is 107 Å². The molecule has 0 aromatic heterocycles. The molecule has 0 spiro atoms. The van der Waals surface area contributed by atoms with Gasteiger partial charge in [-0.1, -0.05) is 36.4 Å². The van der Waals surface area contributed by atoms with E-state index in [1.807, 2.05) is 30.3 Å². The van der Waals surface area contributed by atoms with Crippen molar-refractivity contribution >= 4 is 45.9 Å². The van der Waals surface area contributed by atoms with Gasteiger partial charge in [0.15, 0.2) is 0 Å². The van der Waals surface area contributed by atoms with E-state index in [2.05, 4.69) is 16.7 Å². The summed E-state index contributed by atoms with van der Waals surface area (Å²) in [6, 6.07) is 21.4. The lowest BCUT2D eigenvalue weighted by Gasteiger charge is -2.15. The summed E-state index contributed by atoms with van der Waals surface area (Å²) in [6.45, 7) is 0.110. The number of carboxylic acids is 2. The molecule has 4 aromatic rings. The van der Waals surface area contributed by atoms with Gasteiger partial charge in [-0.3, -0.25) is 9.59 Å². The van der Waals surface area contributed by atoms with Gasteiger partial charge in [0.2, 0.25) is 0 Å². The average Bonchev–Trinajstić information content (AvgIpc) is 2.97. The summed E-state index contributed by atoms with van der Waals surface area (Å²) in [5.41, 5.74) is 15.6. The highest BCUT2D eigenvalue weighted by Crippen LogP contribution is 2.26. The predicted molar refractivity (Wildman–Crippen MR) is 160 cm³/mol. The molecule has 0 fully saturated rings. The first-order valence-corrected chi connectivity index (χ1v) is 13.4. The Balaban J connectivity index is 1.27. The molecule has 10 nitrogen and oxygen atoms in total. The smallest absolute Gasteiger partial charge is 0.336 e. The fraction of sp³-hybridized carbons (Fsp3) is 0.188. The van der Waals surface area contributed by atoms with Crippen LogP contribution in [0.2, 0.25) is 0 Å². The van der Waals surface area contributed by atoms with Gasteiger partial charge >= 0.3 is 11.9 Å². The number of carboxylic acid groups (broad SMARTS) is 2. The van der Waals surface area contributed by atoms with Crippen LogP contribution in [-0.2, 0) is 17.6 Å². The molecule has 0 radical (unpaired) electrons. The second kappa shape index (κ2) is 13.3. The lowest BCUT2D eigenvalue weighted by atomic mass is 9.99. The SMILES string of the molecule is Nc1cc(N)c2cc(CCc3ccc(C(=O)NC(CCCNC(=O)c4ccccc4C(=O)O)C(=O)O)cc3)ccc2c1. The number of amides is 2. The van der Waals surface area contributed by atoms with Gasteiger partial charge in [0.1, 0.15) is 6.04 Å². The van der Waals surface area contributed by atoms with E-state index in [9.17, 15) is 29.4 Å². The molecular weight excluding hydrogens is 536 g/mol. The molecule has 0 bridgehead atoms. The van der Waals surface area contributed by atoms with Crippen molar-refractivity contribution < 1.29 is 29.4 Å². The highest BCUT2D eigenvalue weighted by atomic mass is 16.4. The topological polar surface area (TPSA) is 185 Å². The van der Waals surface area contributed by atoms with Crippen LogP contribution in [0.5, 0.6) is 0 Å². The van der Waals surface area contributed by atoms with Crippen molar-refractivity contribution in [3.8, 4) is 0 Å². The Morgan fingerprint density at radius 2 is 1.43 bits per heavy atom. The van der Waals surface area contributed by atoms with Gasteiger partial charge < -0.3 is 32.3 Å². The number of fused-ring (bicyclic) bond motifs is 1. The summed E-state index contributed by atoms with van der Waals surface area (Å²) < 4.78 is 0. The summed E-state index contributed by atoms with van der Waals surface area (Å²) in [5, 5.41) is 25.9. The third-order valence-electron chi connectivity index (χ3n) is 6.95. The molecule has 0 heterocycles. The van der Waals surface area contributed by atoms with Crippen molar-refractivity contribution in [2.24, 2.45) is 0 Å². The van der Waals surface area contributed by atoms with Crippen LogP contribution >= 0.6 is 0 Å². The molecule has 8 N–H and O–H groups in total. The van der Waals surface area contributed by atoms with Crippen molar-refractivity contribution in [1.29, 1.82) is 0 Å². The number of anilines is 2. The van der Waals surface area contributed by atoms with Crippen LogP contribution in [0.15, 0.2) is 78.9 Å². The second-order valence-corrected chi connectivity index (χ2v) is 9.98. The number of benzene rings is 4. The second-order valence-electron chi connectivity index (χ2n) is 9.98. The molecule has 4 rings (SSSR count). The Labute approximate surface area is 242 Å². The number of aliphatic carboxylic acids is 1. The van der Waals surface area contributed by atoms with Gasteiger partial charge in [-0.05, 0) is 84.7 Å². The number of nitrogens with two attached hydrogens (primary N) is 2. The van der Waals surface area contributed by atoms with Crippen LogP contribution in [0.4, 0.5) is 11.4 Å². The Morgan fingerprint density at radius 1 is 0.762 bits per heavy atom. The van der Waals surface area contributed by atoms with Gasteiger partial charge in [-0.2, -0.15) is 0 Å². The number of nitrogen functional groups attached to an aromatic ring is 2. The number of nitrogens with one attached hydrogen (secondary N) is 2. The first-order valence-electron chi connectivity index (χ1n) is 13.4. The number of hydrogen-bond donors (Lipinski definition) is 6. The van der Waals surface area contributed by atoms with Gasteiger partial charge in [-0.25, -0.2) is 9.59 Å². The quantitative estimate of drug-likeness (QED) is 0.110. The maximum atomic E-state index is 12.7. The highest BCUT2D eigenvalue weighted by Gasteiger charge is 2.21. The Kier molecular flexibility index (Phi) is 9.39. The van der Waals surface area contributed by atoms with Crippen LogP contribution in [0.25, 0.3) is 10.8 Å². The summed E-state index contributed by atoms with van der Waals surface area (Å²) in [6.07, 6.45) is 1.83. The lowest BCUT2D eigenvalue weighted by molar-refractivity contribution is -0.139. The summed E-state index contributed by atoms with van der Waals surface area (Å²) in [7, 11) is 0. The molecule has 216 valence electrons. The highest BCUT2D eigenvalue weighted by molar-refractivity contribution is 6.04. The number of carbonyl (C=O) groups is 4. The Bertz CT molecular complexity index is 1630. The van der Waals surface area contributed by atoms with E-state index in [0.29, 0.717) is 16.9 Å². The molecule has 1 unspecified atom stereocenters. The van der Waals surface area contributed by atoms with E-state index in [0.717, 1.165) is 34.7 Å². The monoisotopic (exact) mass is 568 g/mol. The van der Waals surface area contributed by atoms with E-state index in [-0.39, 0.29) is 30.5 Å². The van der Waals surface area contributed by atoms with Gasteiger partial charge in [0.05, 0.1) is 11.1 Å². The zero-order chi connectivity index (χ0) is 30.2. The van der Waals surface area contributed by atoms with E-state index < -0.39 is 29.8 Å². The summed E-state index contributed by atoms with van der Waals surface area (Å²) in [5.74, 6) is -3.50. The normalized spacial score (nSPS) is 11.5. The average molecular weight is 569 g/mol. The molecule has 10 heteroatoms. The Morgan fingerprint density at radius 3 is 2.12 bits per heavy atom. The molecule has 0 saturated heterocycles. The predicted octanol–water partition coefficient (Wildman–Crippen LogP) is 3.88. The van der Waals surface area contributed by atoms with Crippen LogP contribution in [-0.4, -0.2) is 46.6 Å². The van der Waals surface area contributed by atoms with Gasteiger partial charge in [0.25, 0.3) is 11.8 Å². The van der Waals surface area contributed by atoms with E-state index in [1.165, 1.54) is 18.2 Å². The van der Waals surface area contributed by atoms with Crippen LogP contribution in [0, 0.1) is 0 Å². The van der Waals surface area contributed by atoms with Crippen molar-refractivity contribution in [2.45, 2.75) is 31.7 Å². The number of aryl methyl sites for hydroxylation is 2. The van der Waals surface area contributed by atoms with Gasteiger partial charge in [-0.15, -0.1) is 0 Å². The zero-order valence-electron chi connectivity index (χ0n) is 22.8. The molecule has 42 heavy (non-hydrogen) atoms. The first kappa shape index (κ1) is 29.6. The first-order chi connectivity index (χ1) is 20.1. The molecule has 0 aliphatic rings. The molecular formula is C32H32N4O6.